The van der Waals surface area contributed by atoms with E-state index >= 15 is 0 Å². The number of fused-ring (bicyclic) bond motifs is 2. The Kier molecular flexibility index (Phi) is 6.24. The van der Waals surface area contributed by atoms with Crippen LogP contribution >= 0.6 is 15.9 Å². The third-order valence-corrected chi connectivity index (χ3v) is 6.33. The van der Waals surface area contributed by atoms with Gasteiger partial charge in [0.2, 0.25) is 5.76 Å². The topological polar surface area (TPSA) is 112 Å². The van der Waals surface area contributed by atoms with E-state index in [0.29, 0.717) is 40.3 Å². The molecule has 1 aromatic heterocycles. The number of carbonyl (C=O) groups is 2. The van der Waals surface area contributed by atoms with Gasteiger partial charge in [0.15, 0.2) is 12.0 Å². The van der Waals surface area contributed by atoms with Crippen molar-refractivity contribution in [2.75, 3.05) is 18.1 Å². The summed E-state index contributed by atoms with van der Waals surface area (Å²) >= 11 is 3.40. The molecule has 8 nitrogen and oxygen atoms in total. The van der Waals surface area contributed by atoms with Gasteiger partial charge in [-0.25, -0.2) is 0 Å². The zero-order valence-electron chi connectivity index (χ0n) is 19.2. The maximum absolute atomic E-state index is 13.7. The smallest absolute Gasteiger partial charge is 0.295 e. The molecule has 0 bridgehead atoms. The molecule has 2 N–H and O–H groups in total. The number of rotatable bonds is 7. The molecule has 0 aliphatic carbocycles. The summed E-state index contributed by atoms with van der Waals surface area (Å²) in [5.74, 6) is 0.0940. The predicted octanol–water partition coefficient (Wildman–Crippen LogP) is 4.57. The minimum atomic E-state index is -0.740. The second kappa shape index (κ2) is 9.50. The van der Waals surface area contributed by atoms with Gasteiger partial charge < -0.3 is 19.6 Å². The van der Waals surface area contributed by atoms with E-state index in [2.05, 4.69) is 15.9 Å². The molecule has 1 aliphatic rings. The number of anilines is 1. The third kappa shape index (κ3) is 4.22. The molecule has 0 saturated heterocycles. The maximum atomic E-state index is 13.7. The van der Waals surface area contributed by atoms with E-state index in [0.717, 1.165) is 4.47 Å². The molecule has 1 aliphatic heterocycles. The van der Waals surface area contributed by atoms with Crippen molar-refractivity contribution in [3.05, 3.63) is 98.3 Å². The van der Waals surface area contributed by atoms with Gasteiger partial charge in [-0.2, -0.15) is 0 Å². The Morgan fingerprint density at radius 1 is 1.00 bits per heavy atom. The molecule has 0 spiro atoms. The van der Waals surface area contributed by atoms with E-state index < -0.39 is 17.9 Å². The minimum absolute atomic E-state index is 0.00256. The minimum Gasteiger partial charge on any atom is -0.494 e. The van der Waals surface area contributed by atoms with Gasteiger partial charge in [-0.05, 0) is 67.1 Å². The van der Waals surface area contributed by atoms with Crippen LogP contribution in [0.1, 0.15) is 34.6 Å². The molecule has 2 heterocycles. The van der Waals surface area contributed by atoms with Gasteiger partial charge in [0.25, 0.3) is 11.8 Å². The number of halogens is 1. The lowest BCUT2D eigenvalue weighted by Crippen LogP contribution is -2.29. The Hall–Kier alpha value is -4.11. The van der Waals surface area contributed by atoms with Crippen LogP contribution in [0.2, 0.25) is 0 Å². The number of nitrogens with two attached hydrogens (primary N) is 1. The fourth-order valence-corrected chi connectivity index (χ4v) is 4.66. The number of nitrogens with zero attached hydrogens (tertiary/aromatic N) is 1. The molecule has 36 heavy (non-hydrogen) atoms. The number of hydrogen-bond acceptors (Lipinski definition) is 6. The van der Waals surface area contributed by atoms with Crippen molar-refractivity contribution in [1.82, 2.24) is 0 Å². The molecular weight excluding hydrogens is 528 g/mol. The van der Waals surface area contributed by atoms with Gasteiger partial charge in [0.1, 0.15) is 17.1 Å². The van der Waals surface area contributed by atoms with Crippen molar-refractivity contribution in [3.63, 3.8) is 0 Å². The third-order valence-electron chi connectivity index (χ3n) is 5.84. The number of carbonyl (C=O) groups excluding carboxylic acids is 2. The second-order valence-electron chi connectivity index (χ2n) is 8.14. The molecule has 0 saturated carbocycles. The largest absolute Gasteiger partial charge is 0.494 e. The zero-order valence-corrected chi connectivity index (χ0v) is 20.8. The molecule has 4 aromatic rings. The van der Waals surface area contributed by atoms with Gasteiger partial charge in [-0.1, -0.05) is 28.1 Å². The summed E-state index contributed by atoms with van der Waals surface area (Å²) in [6, 6.07) is 18.3. The van der Waals surface area contributed by atoms with Crippen molar-refractivity contribution in [3.8, 4) is 11.5 Å². The van der Waals surface area contributed by atoms with Crippen LogP contribution in [0.15, 0.2) is 80.4 Å². The van der Waals surface area contributed by atoms with Crippen LogP contribution in [0.25, 0.3) is 11.0 Å². The molecule has 2 amide bonds. The van der Waals surface area contributed by atoms with Crippen LogP contribution in [0, 0.1) is 0 Å². The molecular formula is C27H21BrN2O6. The molecule has 182 valence electrons. The molecule has 0 radical (unpaired) electrons. The van der Waals surface area contributed by atoms with Crippen molar-refractivity contribution < 1.29 is 23.5 Å². The highest BCUT2D eigenvalue weighted by Gasteiger charge is 2.43. The summed E-state index contributed by atoms with van der Waals surface area (Å²) in [6.07, 6.45) is 0. The van der Waals surface area contributed by atoms with Gasteiger partial charge in [0.05, 0.1) is 23.6 Å². The number of hydrogen-bond donors (Lipinski definition) is 1. The summed E-state index contributed by atoms with van der Waals surface area (Å²) in [7, 11) is 0. The van der Waals surface area contributed by atoms with E-state index in [-0.39, 0.29) is 23.4 Å². The van der Waals surface area contributed by atoms with Gasteiger partial charge in [0, 0.05) is 10.2 Å². The monoisotopic (exact) mass is 548 g/mol. The Bertz CT molecular complexity index is 1530. The molecule has 3 aromatic carbocycles. The fourth-order valence-electron chi connectivity index (χ4n) is 4.30. The van der Waals surface area contributed by atoms with Crippen molar-refractivity contribution in [2.24, 2.45) is 5.73 Å². The van der Waals surface area contributed by atoms with Crippen molar-refractivity contribution in [1.29, 1.82) is 0 Å². The summed E-state index contributed by atoms with van der Waals surface area (Å²) in [4.78, 5) is 40.0. The van der Waals surface area contributed by atoms with Gasteiger partial charge in [-0.15, -0.1) is 0 Å². The van der Waals surface area contributed by atoms with Gasteiger partial charge >= 0.3 is 0 Å². The number of ether oxygens (including phenoxy) is 2. The SMILES string of the molecule is CCOc1ccc(N2C(=O)c3oc4ccc(Br)cc4c(=O)c3C2c2ccc(OCC(N)=O)cc2)cc1. The summed E-state index contributed by atoms with van der Waals surface area (Å²) in [6.45, 7) is 2.15. The molecule has 0 fully saturated rings. The van der Waals surface area contributed by atoms with E-state index in [1.807, 2.05) is 6.92 Å². The Morgan fingerprint density at radius 3 is 2.33 bits per heavy atom. The van der Waals surface area contributed by atoms with Crippen LogP contribution in [0.5, 0.6) is 11.5 Å². The fraction of sp³-hybridized carbons (Fsp3) is 0.148. The first-order valence-corrected chi connectivity index (χ1v) is 12.0. The molecule has 9 heteroatoms. The first kappa shape index (κ1) is 23.6. The van der Waals surface area contributed by atoms with Crippen LogP contribution in [-0.4, -0.2) is 25.0 Å². The standard InChI is InChI=1S/C27H21BrN2O6/c1-2-34-18-10-6-17(7-11-18)30-24(15-3-8-19(9-4-15)35-14-22(29)31)23-25(32)20-13-16(28)5-12-21(20)36-26(23)27(30)33/h3-13,24H,2,14H2,1H3,(H2,29,31). The average Bonchev–Trinajstić information content (AvgIpc) is 3.16. The molecule has 5 rings (SSSR count). The lowest BCUT2D eigenvalue weighted by molar-refractivity contribution is -0.119. The van der Waals surface area contributed by atoms with Crippen LogP contribution in [0.3, 0.4) is 0 Å². The highest BCUT2D eigenvalue weighted by atomic mass is 79.9. The van der Waals surface area contributed by atoms with Crippen LogP contribution in [-0.2, 0) is 4.79 Å². The molecule has 1 atom stereocenters. The number of amides is 2. The predicted molar refractivity (Wildman–Crippen MR) is 138 cm³/mol. The normalized spacial score (nSPS) is 14.7. The highest BCUT2D eigenvalue weighted by Crippen LogP contribution is 2.42. The highest BCUT2D eigenvalue weighted by molar-refractivity contribution is 9.10. The number of benzene rings is 3. The number of primary amides is 1. The summed E-state index contributed by atoms with van der Waals surface area (Å²) < 4.78 is 17.6. The Morgan fingerprint density at radius 2 is 1.67 bits per heavy atom. The lowest BCUT2D eigenvalue weighted by atomic mass is 9.98. The Labute approximate surface area is 214 Å². The van der Waals surface area contributed by atoms with Gasteiger partial charge in [-0.3, -0.25) is 19.3 Å². The Balaban J connectivity index is 1.66. The van der Waals surface area contributed by atoms with Crippen molar-refractivity contribution >= 4 is 44.4 Å². The van der Waals surface area contributed by atoms with E-state index in [1.165, 1.54) is 0 Å². The average molecular weight is 549 g/mol. The second-order valence-corrected chi connectivity index (χ2v) is 9.06. The first-order valence-electron chi connectivity index (χ1n) is 11.2. The van der Waals surface area contributed by atoms with E-state index in [9.17, 15) is 14.4 Å². The first-order chi connectivity index (χ1) is 17.4. The van der Waals surface area contributed by atoms with E-state index in [4.69, 9.17) is 19.6 Å². The van der Waals surface area contributed by atoms with Crippen LogP contribution in [0.4, 0.5) is 5.69 Å². The quantitative estimate of drug-likeness (QED) is 0.362. The summed E-state index contributed by atoms with van der Waals surface area (Å²) in [5, 5.41) is 0.371. The molecule has 1 unspecified atom stereocenters. The maximum Gasteiger partial charge on any atom is 0.295 e. The lowest BCUT2D eigenvalue weighted by Gasteiger charge is -2.25. The zero-order chi connectivity index (χ0) is 25.4. The van der Waals surface area contributed by atoms with E-state index in [1.54, 1.807) is 71.6 Å². The summed E-state index contributed by atoms with van der Waals surface area (Å²) in [5.41, 5.74) is 6.71. The van der Waals surface area contributed by atoms with Crippen LogP contribution < -0.4 is 25.5 Å². The van der Waals surface area contributed by atoms with Crippen molar-refractivity contribution in [2.45, 2.75) is 13.0 Å².